The zero-order chi connectivity index (χ0) is 16.4. The van der Waals surface area contributed by atoms with Crippen molar-refractivity contribution in [2.45, 2.75) is 62.0 Å². The Bertz CT molecular complexity index is 628. The van der Waals surface area contributed by atoms with Gasteiger partial charge in [-0.2, -0.15) is 0 Å². The smallest absolute Gasteiger partial charge is 0.150 e. The molecule has 2 fully saturated rings. The van der Waals surface area contributed by atoms with Crippen LogP contribution >= 0.6 is 0 Å². The fourth-order valence-corrected chi connectivity index (χ4v) is 5.02. The second kappa shape index (κ2) is 6.91. The first-order valence-electron chi connectivity index (χ1n) is 8.49. The van der Waals surface area contributed by atoms with Crippen LogP contribution in [-0.2, 0) is 21.6 Å². The predicted molar refractivity (Wildman–Crippen MR) is 88.9 cm³/mol. The van der Waals surface area contributed by atoms with Gasteiger partial charge in [-0.25, -0.2) is 13.4 Å². The number of imidazole rings is 1. The van der Waals surface area contributed by atoms with Gasteiger partial charge in [-0.05, 0) is 32.1 Å². The van der Waals surface area contributed by atoms with Gasteiger partial charge in [-0.15, -0.1) is 0 Å². The van der Waals surface area contributed by atoms with Crippen LogP contribution in [0.1, 0.15) is 50.5 Å². The maximum Gasteiger partial charge on any atom is 0.150 e. The molecule has 1 aromatic rings. The van der Waals surface area contributed by atoms with Crippen molar-refractivity contribution < 1.29 is 13.2 Å². The highest BCUT2D eigenvalue weighted by molar-refractivity contribution is 7.91. The Morgan fingerprint density at radius 1 is 1.30 bits per heavy atom. The van der Waals surface area contributed by atoms with Crippen molar-refractivity contribution in [1.29, 1.82) is 0 Å². The molecule has 1 N–H and O–H groups in total. The lowest BCUT2D eigenvalue weighted by Crippen LogP contribution is -2.48. The Kier molecular flexibility index (Phi) is 5.08. The molecule has 130 valence electrons. The zero-order valence-electron chi connectivity index (χ0n) is 13.9. The third kappa shape index (κ3) is 3.95. The van der Waals surface area contributed by atoms with Gasteiger partial charge in [-0.3, -0.25) is 0 Å². The quantitative estimate of drug-likeness (QED) is 0.900. The summed E-state index contributed by atoms with van der Waals surface area (Å²) < 4.78 is 31.7. The number of sulfone groups is 1. The van der Waals surface area contributed by atoms with Crippen molar-refractivity contribution in [2.75, 3.05) is 12.9 Å². The summed E-state index contributed by atoms with van der Waals surface area (Å²) >= 11 is 0. The highest BCUT2D eigenvalue weighted by Gasteiger charge is 2.35. The first kappa shape index (κ1) is 16.9. The Hall–Kier alpha value is -0.920. The van der Waals surface area contributed by atoms with E-state index >= 15 is 0 Å². The van der Waals surface area contributed by atoms with E-state index in [2.05, 4.69) is 10.3 Å². The normalized spacial score (nSPS) is 32.8. The van der Waals surface area contributed by atoms with Crippen molar-refractivity contribution in [3.8, 4) is 0 Å². The van der Waals surface area contributed by atoms with E-state index in [1.54, 1.807) is 6.20 Å². The van der Waals surface area contributed by atoms with E-state index in [0.29, 0.717) is 6.42 Å². The highest BCUT2D eigenvalue weighted by Crippen LogP contribution is 2.30. The van der Waals surface area contributed by atoms with Crippen LogP contribution in [0, 0.1) is 0 Å². The second-order valence-electron chi connectivity index (χ2n) is 6.92. The summed E-state index contributed by atoms with van der Waals surface area (Å²) in [6.45, 7) is 0.756. The minimum absolute atomic E-state index is 0.0534. The number of rotatable bonds is 4. The summed E-state index contributed by atoms with van der Waals surface area (Å²) in [7, 11) is -0.967. The Labute approximate surface area is 138 Å². The molecule has 1 aliphatic carbocycles. The second-order valence-corrected chi connectivity index (χ2v) is 9.24. The van der Waals surface area contributed by atoms with Crippen LogP contribution in [0.15, 0.2) is 12.4 Å². The van der Waals surface area contributed by atoms with Gasteiger partial charge >= 0.3 is 0 Å². The van der Waals surface area contributed by atoms with Crippen LogP contribution in [0.4, 0.5) is 0 Å². The van der Waals surface area contributed by atoms with Gasteiger partial charge in [0.05, 0.1) is 5.25 Å². The summed E-state index contributed by atoms with van der Waals surface area (Å²) in [4.78, 5) is 4.44. The van der Waals surface area contributed by atoms with Gasteiger partial charge < -0.3 is 14.6 Å². The molecular weight excluding hydrogens is 314 g/mol. The van der Waals surface area contributed by atoms with Crippen molar-refractivity contribution in [3.63, 3.8) is 0 Å². The van der Waals surface area contributed by atoms with Crippen LogP contribution < -0.4 is 5.32 Å². The minimum atomic E-state index is -2.95. The Morgan fingerprint density at radius 2 is 2.13 bits per heavy atom. The van der Waals surface area contributed by atoms with E-state index in [1.165, 1.54) is 6.26 Å². The van der Waals surface area contributed by atoms with Gasteiger partial charge in [0.15, 0.2) is 0 Å². The number of hydrogen-bond donors (Lipinski definition) is 1. The molecule has 1 saturated heterocycles. The van der Waals surface area contributed by atoms with Crippen LogP contribution in [0.5, 0.6) is 0 Å². The number of ether oxygens (including phenoxy) is 1. The first-order chi connectivity index (χ1) is 10.9. The molecule has 1 aliphatic heterocycles. The van der Waals surface area contributed by atoms with Crippen molar-refractivity contribution >= 4 is 9.84 Å². The maximum absolute atomic E-state index is 11.9. The van der Waals surface area contributed by atoms with Crippen LogP contribution in [0.2, 0.25) is 0 Å². The molecule has 2 heterocycles. The SMILES string of the molecule is Cn1ccnc1[C@H]1OCCC[C@@H]1N[C@@H]1CCC[C@H](S(C)(=O)=O)C1. The summed E-state index contributed by atoms with van der Waals surface area (Å²) in [5, 5.41) is 3.48. The number of aryl methyl sites for hydroxylation is 1. The molecule has 7 heteroatoms. The highest BCUT2D eigenvalue weighted by atomic mass is 32.2. The first-order valence-corrected chi connectivity index (χ1v) is 10.4. The summed E-state index contributed by atoms with van der Waals surface area (Å²) in [6, 6.07) is 0.450. The molecule has 1 aromatic heterocycles. The molecule has 0 amide bonds. The molecule has 0 bridgehead atoms. The Morgan fingerprint density at radius 3 is 2.83 bits per heavy atom. The van der Waals surface area contributed by atoms with E-state index < -0.39 is 9.84 Å². The predicted octanol–water partition coefficient (Wildman–Crippen LogP) is 1.59. The molecule has 0 aromatic carbocycles. The van der Waals surface area contributed by atoms with Crippen molar-refractivity contribution in [1.82, 2.24) is 14.9 Å². The fraction of sp³-hybridized carbons (Fsp3) is 0.812. The lowest BCUT2D eigenvalue weighted by Gasteiger charge is -2.37. The van der Waals surface area contributed by atoms with Gasteiger partial charge in [0.25, 0.3) is 0 Å². The van der Waals surface area contributed by atoms with Gasteiger partial charge in [0.2, 0.25) is 0 Å². The third-order valence-electron chi connectivity index (χ3n) is 5.12. The molecule has 23 heavy (non-hydrogen) atoms. The van der Waals surface area contributed by atoms with Gasteiger partial charge in [0.1, 0.15) is 21.8 Å². The molecule has 2 aliphatic rings. The Balaban J connectivity index is 1.69. The van der Waals surface area contributed by atoms with Crippen LogP contribution in [-0.4, -0.2) is 48.2 Å². The number of hydrogen-bond acceptors (Lipinski definition) is 5. The number of nitrogens with one attached hydrogen (secondary N) is 1. The molecular formula is C16H27N3O3S. The van der Waals surface area contributed by atoms with E-state index in [0.717, 1.165) is 44.5 Å². The third-order valence-corrected chi connectivity index (χ3v) is 6.76. The summed E-state index contributed by atoms with van der Waals surface area (Å²) in [5.74, 6) is 0.942. The molecule has 3 rings (SSSR count). The average Bonchev–Trinajstić information content (AvgIpc) is 2.93. The summed E-state index contributed by atoms with van der Waals surface area (Å²) in [5.41, 5.74) is 0. The maximum atomic E-state index is 11.9. The van der Waals surface area contributed by atoms with Crippen LogP contribution in [0.3, 0.4) is 0 Å². The molecule has 1 saturated carbocycles. The monoisotopic (exact) mass is 341 g/mol. The van der Waals surface area contributed by atoms with Crippen molar-refractivity contribution in [2.24, 2.45) is 7.05 Å². The van der Waals surface area contributed by atoms with Crippen LogP contribution in [0.25, 0.3) is 0 Å². The summed E-state index contributed by atoms with van der Waals surface area (Å²) in [6.07, 6.45) is 10.6. The van der Waals surface area contributed by atoms with E-state index in [9.17, 15) is 8.42 Å². The van der Waals surface area contributed by atoms with Gasteiger partial charge in [0, 0.05) is 44.4 Å². The van der Waals surface area contributed by atoms with Crippen molar-refractivity contribution in [3.05, 3.63) is 18.2 Å². The number of nitrogens with zero attached hydrogens (tertiary/aromatic N) is 2. The average molecular weight is 341 g/mol. The molecule has 0 spiro atoms. The lowest BCUT2D eigenvalue weighted by molar-refractivity contribution is -0.0215. The topological polar surface area (TPSA) is 73.2 Å². The molecule has 6 nitrogen and oxygen atoms in total. The number of aromatic nitrogens is 2. The van der Waals surface area contributed by atoms with E-state index in [1.807, 2.05) is 17.8 Å². The fourth-order valence-electron chi connectivity index (χ4n) is 3.85. The molecule has 0 radical (unpaired) electrons. The van der Waals surface area contributed by atoms with Gasteiger partial charge in [-0.1, -0.05) is 6.42 Å². The van der Waals surface area contributed by atoms with E-state index in [-0.39, 0.29) is 23.4 Å². The molecule has 4 atom stereocenters. The minimum Gasteiger partial charge on any atom is -0.369 e. The lowest BCUT2D eigenvalue weighted by atomic mass is 9.92. The zero-order valence-corrected chi connectivity index (χ0v) is 14.8. The van der Waals surface area contributed by atoms with E-state index in [4.69, 9.17) is 4.74 Å². The largest absolute Gasteiger partial charge is 0.369 e. The molecule has 0 unspecified atom stereocenters. The standard InChI is InChI=1S/C16H27N3O3S/c1-19-9-8-17-16(19)15-14(7-4-10-22-15)18-12-5-3-6-13(11-12)23(2,20)21/h8-9,12-15,18H,3-7,10-11H2,1-2H3/t12-,13+,14+,15+/m1/s1.